The Balaban J connectivity index is 1.80. The number of likely N-dealkylation sites (tertiary alicyclic amines) is 2. The molecule has 2 aliphatic rings. The standard InChI is InChI=1S/C30H64N4/c1-27(2)21-25(22-28(3,4)31(27)9)33(11,12)19-17-15-16-18-20-34(13,14)26-23-29(5,6)32(10)30(7,8)24-26/h25-26H,15-24H2,1-14H3/q+2. The second-order valence-corrected chi connectivity index (χ2v) is 15.9. The molecule has 34 heavy (non-hydrogen) atoms. The number of nitrogens with zero attached hydrogens (tertiary/aromatic N) is 4. The Morgan fingerprint density at radius 2 is 0.735 bits per heavy atom. The first-order valence-electron chi connectivity index (χ1n) is 14.3. The van der Waals surface area contributed by atoms with Crippen molar-refractivity contribution in [2.24, 2.45) is 0 Å². The predicted octanol–water partition coefficient (Wildman–Crippen LogP) is 6.00. The molecule has 0 aromatic rings. The summed E-state index contributed by atoms with van der Waals surface area (Å²) in [6.45, 7) is 22.1. The second kappa shape index (κ2) is 9.95. The van der Waals surface area contributed by atoms with Gasteiger partial charge in [0.15, 0.2) is 0 Å². The van der Waals surface area contributed by atoms with Gasteiger partial charge in [0.25, 0.3) is 0 Å². The smallest absolute Gasteiger partial charge is 0.0921 e. The van der Waals surface area contributed by atoms with Gasteiger partial charge in [0.2, 0.25) is 0 Å². The first-order valence-corrected chi connectivity index (χ1v) is 14.3. The van der Waals surface area contributed by atoms with E-state index in [1.165, 1.54) is 73.4 Å². The highest BCUT2D eigenvalue weighted by molar-refractivity contribution is 5.00. The Hall–Kier alpha value is -0.160. The lowest BCUT2D eigenvalue weighted by atomic mass is 9.76. The molecule has 2 aliphatic heterocycles. The molecule has 2 fully saturated rings. The Morgan fingerprint density at radius 1 is 0.500 bits per heavy atom. The van der Waals surface area contributed by atoms with E-state index in [4.69, 9.17) is 0 Å². The van der Waals surface area contributed by atoms with Gasteiger partial charge in [-0.05, 0) is 95.2 Å². The fourth-order valence-electron chi connectivity index (χ4n) is 7.38. The highest BCUT2D eigenvalue weighted by atomic mass is 15.4. The van der Waals surface area contributed by atoms with Crippen molar-refractivity contribution in [1.82, 2.24) is 9.80 Å². The van der Waals surface area contributed by atoms with Crippen LogP contribution in [0.2, 0.25) is 0 Å². The third kappa shape index (κ3) is 6.78. The number of piperidine rings is 2. The van der Waals surface area contributed by atoms with Crippen molar-refractivity contribution in [3.63, 3.8) is 0 Å². The third-order valence-electron chi connectivity index (χ3n) is 10.8. The molecule has 0 aromatic heterocycles. The maximum atomic E-state index is 2.61. The van der Waals surface area contributed by atoms with Crippen LogP contribution in [0.1, 0.15) is 107 Å². The van der Waals surface area contributed by atoms with Gasteiger partial charge in [-0.3, -0.25) is 9.80 Å². The van der Waals surface area contributed by atoms with Crippen LogP contribution in [0.25, 0.3) is 0 Å². The molecule has 0 bridgehead atoms. The van der Waals surface area contributed by atoms with E-state index in [1.807, 2.05) is 0 Å². The van der Waals surface area contributed by atoms with Crippen molar-refractivity contribution in [2.75, 3.05) is 55.4 Å². The van der Waals surface area contributed by atoms with Crippen molar-refractivity contribution in [3.8, 4) is 0 Å². The van der Waals surface area contributed by atoms with Crippen LogP contribution in [0.5, 0.6) is 0 Å². The molecule has 0 atom stereocenters. The molecular formula is C30H64N4+2. The summed E-state index contributed by atoms with van der Waals surface area (Å²) in [5.74, 6) is 0. The van der Waals surface area contributed by atoms with Gasteiger partial charge >= 0.3 is 0 Å². The summed E-state index contributed by atoms with van der Waals surface area (Å²) in [5.41, 5.74) is 1.12. The Labute approximate surface area is 215 Å². The van der Waals surface area contributed by atoms with E-state index in [2.05, 4.69) is 107 Å². The summed E-state index contributed by atoms with van der Waals surface area (Å²) >= 11 is 0. The number of rotatable bonds is 9. The molecular weight excluding hydrogens is 416 g/mol. The van der Waals surface area contributed by atoms with E-state index < -0.39 is 0 Å². The van der Waals surface area contributed by atoms with Crippen LogP contribution in [0.15, 0.2) is 0 Å². The maximum absolute atomic E-state index is 2.61. The van der Waals surface area contributed by atoms with Crippen LogP contribution >= 0.6 is 0 Å². The monoisotopic (exact) mass is 481 g/mol. The maximum Gasteiger partial charge on any atom is 0.0921 e. The van der Waals surface area contributed by atoms with Crippen molar-refractivity contribution in [1.29, 1.82) is 0 Å². The number of quaternary nitrogens is 2. The normalized spacial score (nSPS) is 26.6. The van der Waals surface area contributed by atoms with E-state index in [-0.39, 0.29) is 22.2 Å². The molecule has 4 heteroatoms. The molecule has 0 amide bonds. The van der Waals surface area contributed by atoms with E-state index in [9.17, 15) is 0 Å². The van der Waals surface area contributed by atoms with Gasteiger partial charge in [-0.2, -0.15) is 0 Å². The molecule has 202 valence electrons. The van der Waals surface area contributed by atoms with E-state index in [0.29, 0.717) is 0 Å². The molecule has 2 heterocycles. The summed E-state index contributed by atoms with van der Waals surface area (Å²) in [7, 11) is 14.6. The van der Waals surface area contributed by atoms with Crippen molar-refractivity contribution < 1.29 is 8.97 Å². The molecule has 0 spiro atoms. The molecule has 2 saturated heterocycles. The molecule has 0 aromatic carbocycles. The SMILES string of the molecule is CN1C(C)(C)CC([N+](C)(C)CCCCCC[N+](C)(C)C2CC(C)(C)N(C)C(C)(C)C2)CC1(C)C. The van der Waals surface area contributed by atoms with Gasteiger partial charge in [-0.25, -0.2) is 0 Å². The summed E-state index contributed by atoms with van der Waals surface area (Å²) < 4.78 is 2.37. The molecule has 0 aliphatic carbocycles. The van der Waals surface area contributed by atoms with Crippen LogP contribution in [0.4, 0.5) is 0 Å². The molecule has 0 N–H and O–H groups in total. The number of hydrogen-bond donors (Lipinski definition) is 0. The van der Waals surface area contributed by atoms with Gasteiger partial charge < -0.3 is 8.97 Å². The van der Waals surface area contributed by atoms with Crippen LogP contribution in [-0.2, 0) is 0 Å². The average molecular weight is 481 g/mol. The molecule has 0 radical (unpaired) electrons. The van der Waals surface area contributed by atoms with Crippen LogP contribution < -0.4 is 0 Å². The topological polar surface area (TPSA) is 6.48 Å². The van der Waals surface area contributed by atoms with Crippen LogP contribution in [0, 0.1) is 0 Å². The van der Waals surface area contributed by atoms with Crippen molar-refractivity contribution >= 4 is 0 Å². The van der Waals surface area contributed by atoms with E-state index in [1.54, 1.807) is 0 Å². The highest BCUT2D eigenvalue weighted by Crippen LogP contribution is 2.41. The largest absolute Gasteiger partial charge is 0.326 e. The van der Waals surface area contributed by atoms with Crippen LogP contribution in [0.3, 0.4) is 0 Å². The summed E-state index contributed by atoms with van der Waals surface area (Å²) in [5, 5.41) is 0. The lowest BCUT2D eigenvalue weighted by molar-refractivity contribution is -0.918. The minimum Gasteiger partial charge on any atom is -0.326 e. The zero-order valence-corrected chi connectivity index (χ0v) is 26.0. The predicted molar refractivity (Wildman–Crippen MR) is 150 cm³/mol. The third-order valence-corrected chi connectivity index (χ3v) is 10.8. The second-order valence-electron chi connectivity index (χ2n) is 15.9. The van der Waals surface area contributed by atoms with Gasteiger partial charge in [0.05, 0.1) is 53.4 Å². The Kier molecular flexibility index (Phi) is 8.80. The van der Waals surface area contributed by atoms with Gasteiger partial charge in [-0.1, -0.05) is 0 Å². The summed E-state index contributed by atoms with van der Waals surface area (Å²) in [6.07, 6.45) is 10.7. The molecule has 0 unspecified atom stereocenters. The van der Waals surface area contributed by atoms with Gasteiger partial charge in [0, 0.05) is 47.8 Å². The fraction of sp³-hybridized carbons (Fsp3) is 1.00. The summed E-state index contributed by atoms with van der Waals surface area (Å²) in [4.78, 5) is 5.23. The van der Waals surface area contributed by atoms with Crippen molar-refractivity contribution in [2.45, 2.75) is 141 Å². The zero-order valence-electron chi connectivity index (χ0n) is 26.0. The fourth-order valence-corrected chi connectivity index (χ4v) is 7.38. The molecule has 0 saturated carbocycles. The number of hydrogen-bond acceptors (Lipinski definition) is 2. The first kappa shape index (κ1) is 30.1. The van der Waals surface area contributed by atoms with Crippen molar-refractivity contribution in [3.05, 3.63) is 0 Å². The quantitative estimate of drug-likeness (QED) is 0.295. The van der Waals surface area contributed by atoms with E-state index in [0.717, 1.165) is 12.1 Å². The van der Waals surface area contributed by atoms with Gasteiger partial charge in [-0.15, -0.1) is 0 Å². The Bertz CT molecular complexity index is 579. The van der Waals surface area contributed by atoms with E-state index >= 15 is 0 Å². The molecule has 4 nitrogen and oxygen atoms in total. The minimum absolute atomic E-state index is 0.280. The highest BCUT2D eigenvalue weighted by Gasteiger charge is 2.49. The van der Waals surface area contributed by atoms with Crippen LogP contribution in [-0.4, -0.2) is 108 Å². The minimum atomic E-state index is 0.280. The van der Waals surface area contributed by atoms with Gasteiger partial charge in [0.1, 0.15) is 0 Å². The Morgan fingerprint density at radius 3 is 0.971 bits per heavy atom. The average Bonchev–Trinajstić information content (AvgIpc) is 2.65. The summed E-state index contributed by atoms with van der Waals surface area (Å²) in [6, 6.07) is 1.51. The lowest BCUT2D eigenvalue weighted by Crippen LogP contribution is -2.66. The lowest BCUT2D eigenvalue weighted by Gasteiger charge is -2.56. The molecule has 2 rings (SSSR count). The first-order chi connectivity index (χ1) is 15.1. The zero-order chi connectivity index (χ0) is 26.4. The number of unbranched alkanes of at least 4 members (excludes halogenated alkanes) is 3.